The number of aliphatic hydroxyl groups is 1. The number of phenols is 1. The smallest absolute Gasteiger partial charge is 0.337 e. The van der Waals surface area contributed by atoms with E-state index in [1.54, 1.807) is 0 Å². The highest BCUT2D eigenvalue weighted by Crippen LogP contribution is 2.15. The van der Waals surface area contributed by atoms with Gasteiger partial charge in [0.05, 0.1) is 13.2 Å². The summed E-state index contributed by atoms with van der Waals surface area (Å²) in [5.74, 6) is -0.106. The van der Waals surface area contributed by atoms with Gasteiger partial charge in [0.25, 0.3) is 0 Å². The molecule has 5 nitrogen and oxygen atoms in total. The molecule has 15 heavy (non-hydrogen) atoms. The fraction of sp³-hybridized carbons (Fsp3) is 0.300. The van der Waals surface area contributed by atoms with Crippen LogP contribution in [0.25, 0.3) is 0 Å². The van der Waals surface area contributed by atoms with Gasteiger partial charge in [0, 0.05) is 0 Å². The SMILES string of the molecule is O=C(COCCO)Oc1ccc(O)cc1. The van der Waals surface area contributed by atoms with E-state index in [1.165, 1.54) is 24.3 Å². The molecule has 1 aromatic carbocycles. The van der Waals surface area contributed by atoms with Crippen LogP contribution in [-0.2, 0) is 9.53 Å². The zero-order valence-corrected chi connectivity index (χ0v) is 8.05. The lowest BCUT2D eigenvalue weighted by atomic mass is 10.3. The number of benzene rings is 1. The van der Waals surface area contributed by atoms with Crippen LogP contribution in [0.1, 0.15) is 0 Å². The normalized spacial score (nSPS) is 9.93. The number of ether oxygens (including phenoxy) is 2. The van der Waals surface area contributed by atoms with Crippen molar-refractivity contribution < 1.29 is 24.5 Å². The van der Waals surface area contributed by atoms with Crippen molar-refractivity contribution in [3.63, 3.8) is 0 Å². The molecule has 0 heterocycles. The Kier molecular flexibility index (Phi) is 4.59. The van der Waals surface area contributed by atoms with Crippen molar-refractivity contribution in [3.05, 3.63) is 24.3 Å². The van der Waals surface area contributed by atoms with Crippen LogP contribution in [-0.4, -0.2) is 36.0 Å². The summed E-state index contributed by atoms with van der Waals surface area (Å²) in [6.45, 7) is -0.237. The average Bonchev–Trinajstić information content (AvgIpc) is 2.22. The van der Waals surface area contributed by atoms with Gasteiger partial charge in [-0.1, -0.05) is 0 Å². The molecular weight excluding hydrogens is 200 g/mol. The molecule has 0 aliphatic carbocycles. The van der Waals surface area contributed by atoms with Crippen LogP contribution in [0, 0.1) is 0 Å². The summed E-state index contributed by atoms with van der Waals surface area (Å²) < 4.78 is 9.63. The first kappa shape index (κ1) is 11.5. The van der Waals surface area contributed by atoms with Crippen molar-refractivity contribution in [2.24, 2.45) is 0 Å². The molecule has 0 aliphatic rings. The molecule has 0 radical (unpaired) electrons. The highest BCUT2D eigenvalue weighted by molar-refractivity contribution is 5.73. The number of phenolic OH excluding ortho intramolecular Hbond substituents is 1. The fourth-order valence-electron chi connectivity index (χ4n) is 0.895. The van der Waals surface area contributed by atoms with Gasteiger partial charge in [0.15, 0.2) is 0 Å². The fourth-order valence-corrected chi connectivity index (χ4v) is 0.895. The third-order valence-electron chi connectivity index (χ3n) is 1.52. The number of aromatic hydroxyl groups is 1. The second kappa shape index (κ2) is 6.00. The summed E-state index contributed by atoms with van der Waals surface area (Å²) in [6, 6.07) is 5.77. The molecule has 0 aromatic heterocycles. The van der Waals surface area contributed by atoms with Crippen molar-refractivity contribution in [2.75, 3.05) is 19.8 Å². The van der Waals surface area contributed by atoms with E-state index < -0.39 is 5.97 Å². The zero-order valence-electron chi connectivity index (χ0n) is 8.05. The topological polar surface area (TPSA) is 76.0 Å². The molecule has 1 rings (SSSR count). The van der Waals surface area contributed by atoms with E-state index in [0.29, 0.717) is 5.75 Å². The van der Waals surface area contributed by atoms with Crippen LogP contribution < -0.4 is 4.74 Å². The number of carbonyl (C=O) groups is 1. The molecule has 0 saturated heterocycles. The van der Waals surface area contributed by atoms with E-state index in [0.717, 1.165) is 0 Å². The molecule has 0 spiro atoms. The molecule has 0 bridgehead atoms. The first-order valence-electron chi connectivity index (χ1n) is 4.40. The Morgan fingerprint density at radius 2 is 1.93 bits per heavy atom. The monoisotopic (exact) mass is 212 g/mol. The minimum Gasteiger partial charge on any atom is -0.508 e. The minimum atomic E-state index is -0.547. The third-order valence-corrected chi connectivity index (χ3v) is 1.52. The summed E-state index contributed by atoms with van der Waals surface area (Å²) in [4.78, 5) is 11.1. The maximum Gasteiger partial charge on any atom is 0.337 e. The van der Waals surface area contributed by atoms with Gasteiger partial charge in [-0.05, 0) is 24.3 Å². The Morgan fingerprint density at radius 1 is 1.27 bits per heavy atom. The number of esters is 1. The Hall–Kier alpha value is -1.59. The maximum absolute atomic E-state index is 11.1. The van der Waals surface area contributed by atoms with Crippen molar-refractivity contribution in [3.8, 4) is 11.5 Å². The van der Waals surface area contributed by atoms with Crippen LogP contribution in [0.15, 0.2) is 24.3 Å². The van der Waals surface area contributed by atoms with Gasteiger partial charge < -0.3 is 19.7 Å². The summed E-state index contributed by atoms with van der Waals surface area (Å²) in [7, 11) is 0. The molecular formula is C10H12O5. The average molecular weight is 212 g/mol. The van der Waals surface area contributed by atoms with E-state index in [2.05, 4.69) is 0 Å². The van der Waals surface area contributed by atoms with E-state index in [-0.39, 0.29) is 25.6 Å². The lowest BCUT2D eigenvalue weighted by molar-refractivity contribution is -0.139. The summed E-state index contributed by atoms with van der Waals surface area (Å²) >= 11 is 0. The molecule has 2 N–H and O–H groups in total. The summed E-state index contributed by atoms with van der Waals surface area (Å²) in [5, 5.41) is 17.4. The number of hydrogen-bond acceptors (Lipinski definition) is 5. The second-order valence-corrected chi connectivity index (χ2v) is 2.74. The van der Waals surface area contributed by atoms with E-state index in [1.807, 2.05) is 0 Å². The first-order valence-corrected chi connectivity index (χ1v) is 4.40. The molecule has 0 unspecified atom stereocenters. The van der Waals surface area contributed by atoms with Gasteiger partial charge in [-0.3, -0.25) is 0 Å². The zero-order chi connectivity index (χ0) is 11.1. The van der Waals surface area contributed by atoms with Gasteiger partial charge in [-0.25, -0.2) is 4.79 Å². The minimum absolute atomic E-state index is 0.102. The van der Waals surface area contributed by atoms with Crippen LogP contribution in [0.3, 0.4) is 0 Å². The maximum atomic E-state index is 11.1. The molecule has 0 aliphatic heterocycles. The van der Waals surface area contributed by atoms with Gasteiger partial charge in [-0.15, -0.1) is 0 Å². The molecule has 0 atom stereocenters. The molecule has 1 aromatic rings. The van der Waals surface area contributed by atoms with Crippen LogP contribution in [0.5, 0.6) is 11.5 Å². The predicted octanol–water partition coefficient (Wildman–Crippen LogP) is 0.307. The lowest BCUT2D eigenvalue weighted by Crippen LogP contribution is -2.16. The summed E-state index contributed by atoms with van der Waals surface area (Å²) in [6.07, 6.45) is 0. The number of rotatable bonds is 5. The molecule has 0 saturated carbocycles. The highest BCUT2D eigenvalue weighted by Gasteiger charge is 2.04. The van der Waals surface area contributed by atoms with Crippen LogP contribution in [0.2, 0.25) is 0 Å². The molecule has 0 fully saturated rings. The van der Waals surface area contributed by atoms with E-state index >= 15 is 0 Å². The number of carbonyl (C=O) groups excluding carboxylic acids is 1. The first-order chi connectivity index (χ1) is 7.22. The lowest BCUT2D eigenvalue weighted by Gasteiger charge is -2.04. The Labute approximate surface area is 86.9 Å². The molecule has 0 amide bonds. The number of hydrogen-bond donors (Lipinski definition) is 2. The Bertz CT molecular complexity index is 306. The van der Waals surface area contributed by atoms with Gasteiger partial charge >= 0.3 is 5.97 Å². The van der Waals surface area contributed by atoms with Crippen LogP contribution >= 0.6 is 0 Å². The predicted molar refractivity (Wildman–Crippen MR) is 51.6 cm³/mol. The van der Waals surface area contributed by atoms with Crippen molar-refractivity contribution >= 4 is 5.97 Å². The van der Waals surface area contributed by atoms with Crippen molar-refractivity contribution in [1.29, 1.82) is 0 Å². The van der Waals surface area contributed by atoms with Crippen molar-refractivity contribution in [2.45, 2.75) is 0 Å². The van der Waals surface area contributed by atoms with Gasteiger partial charge in [0.1, 0.15) is 18.1 Å². The molecule has 5 heteroatoms. The second-order valence-electron chi connectivity index (χ2n) is 2.74. The Balaban J connectivity index is 2.34. The van der Waals surface area contributed by atoms with Gasteiger partial charge in [-0.2, -0.15) is 0 Å². The third kappa shape index (κ3) is 4.44. The molecule has 82 valence electrons. The standard InChI is InChI=1S/C10H12O5/c11-5-6-14-7-10(13)15-9-3-1-8(12)2-4-9/h1-4,11-12H,5-7H2. The van der Waals surface area contributed by atoms with E-state index in [4.69, 9.17) is 19.7 Å². The highest BCUT2D eigenvalue weighted by atomic mass is 16.6. The summed E-state index contributed by atoms with van der Waals surface area (Å²) in [5.41, 5.74) is 0. The van der Waals surface area contributed by atoms with Crippen molar-refractivity contribution in [1.82, 2.24) is 0 Å². The quantitative estimate of drug-likeness (QED) is 0.417. The Morgan fingerprint density at radius 3 is 2.53 bits per heavy atom. The number of aliphatic hydroxyl groups excluding tert-OH is 1. The van der Waals surface area contributed by atoms with Crippen LogP contribution in [0.4, 0.5) is 0 Å². The largest absolute Gasteiger partial charge is 0.508 e. The van der Waals surface area contributed by atoms with E-state index in [9.17, 15) is 4.79 Å². The van der Waals surface area contributed by atoms with Gasteiger partial charge in [0.2, 0.25) is 0 Å².